The minimum Gasteiger partial charge on any atom is -0.502 e. The number of hydrogen-bond donors (Lipinski definition) is 2. The zero-order valence-corrected chi connectivity index (χ0v) is 16.5. The number of aromatic nitrogens is 1. The number of rotatable bonds is 7. The van der Waals surface area contributed by atoms with Crippen molar-refractivity contribution in [3.8, 4) is 27.8 Å². The molecular weight excluding hydrogens is 397 g/mol. The maximum atomic E-state index is 13.0. The van der Waals surface area contributed by atoms with Crippen LogP contribution in [0.4, 0.5) is 4.39 Å². The molecule has 0 saturated heterocycles. The molecule has 3 rings (SSSR count). The molecule has 9 heteroatoms. The number of thiazole rings is 1. The van der Waals surface area contributed by atoms with Crippen molar-refractivity contribution < 1.29 is 23.8 Å². The second-order valence-electron chi connectivity index (χ2n) is 5.89. The van der Waals surface area contributed by atoms with Gasteiger partial charge in [0.05, 0.1) is 32.5 Å². The first-order chi connectivity index (χ1) is 14.0. The van der Waals surface area contributed by atoms with Crippen LogP contribution in [0.5, 0.6) is 17.2 Å². The number of hydrazone groups is 1. The van der Waals surface area contributed by atoms with E-state index in [9.17, 15) is 14.3 Å². The van der Waals surface area contributed by atoms with Gasteiger partial charge in [-0.05, 0) is 36.4 Å². The number of nitrogens with zero attached hydrogens (tertiary/aromatic N) is 2. The van der Waals surface area contributed by atoms with Gasteiger partial charge >= 0.3 is 0 Å². The Morgan fingerprint density at radius 3 is 2.52 bits per heavy atom. The molecule has 1 heterocycles. The summed E-state index contributed by atoms with van der Waals surface area (Å²) in [6.45, 7) is 0. The molecule has 29 heavy (non-hydrogen) atoms. The van der Waals surface area contributed by atoms with Gasteiger partial charge in [-0.3, -0.25) is 4.79 Å². The fourth-order valence-corrected chi connectivity index (χ4v) is 3.31. The monoisotopic (exact) mass is 415 g/mol. The Hall–Kier alpha value is -3.46. The number of halogens is 1. The number of methoxy groups -OCH3 is 2. The number of nitrogens with one attached hydrogen (secondary N) is 1. The molecule has 0 aliphatic rings. The Morgan fingerprint density at radius 1 is 1.24 bits per heavy atom. The summed E-state index contributed by atoms with van der Waals surface area (Å²) >= 11 is 1.38. The van der Waals surface area contributed by atoms with Crippen molar-refractivity contribution in [3.63, 3.8) is 0 Å². The first-order valence-corrected chi connectivity index (χ1v) is 9.35. The van der Waals surface area contributed by atoms with Crippen LogP contribution in [0.15, 0.2) is 46.9 Å². The van der Waals surface area contributed by atoms with Gasteiger partial charge in [-0.1, -0.05) is 0 Å². The third-order valence-electron chi connectivity index (χ3n) is 3.89. The standard InChI is InChI=1S/C20H18FN3O4S/c1-27-16-7-12(8-17(28-2)19(16)26)10-22-24-18(25)9-15-11-29-20(23-15)13-3-5-14(21)6-4-13/h3-8,10-11,26H,9H2,1-2H3,(H,24,25)/b22-10+. The van der Waals surface area contributed by atoms with Crippen LogP contribution < -0.4 is 14.9 Å². The smallest absolute Gasteiger partial charge is 0.246 e. The van der Waals surface area contributed by atoms with Crippen LogP contribution in [-0.4, -0.2) is 36.4 Å². The van der Waals surface area contributed by atoms with Crippen molar-refractivity contribution in [1.29, 1.82) is 0 Å². The van der Waals surface area contributed by atoms with Gasteiger partial charge in [-0.15, -0.1) is 11.3 Å². The first-order valence-electron chi connectivity index (χ1n) is 8.47. The number of ether oxygens (including phenoxy) is 2. The minimum atomic E-state index is -0.338. The van der Waals surface area contributed by atoms with Crippen LogP contribution >= 0.6 is 11.3 Å². The van der Waals surface area contributed by atoms with Gasteiger partial charge in [0, 0.05) is 16.5 Å². The van der Waals surface area contributed by atoms with Gasteiger partial charge in [0.15, 0.2) is 11.5 Å². The molecule has 1 amide bonds. The van der Waals surface area contributed by atoms with Gasteiger partial charge in [-0.2, -0.15) is 5.10 Å². The molecule has 0 atom stereocenters. The Labute approximate surface area is 170 Å². The third-order valence-corrected chi connectivity index (χ3v) is 4.83. The summed E-state index contributed by atoms with van der Waals surface area (Å²) < 4.78 is 23.2. The number of phenolic OH excluding ortho intramolecular Hbond substituents is 1. The number of aromatic hydroxyl groups is 1. The molecule has 0 radical (unpaired) electrons. The summed E-state index contributed by atoms with van der Waals surface area (Å²) in [6.07, 6.45) is 1.46. The molecule has 0 unspecified atom stereocenters. The van der Waals surface area contributed by atoms with Gasteiger partial charge in [0.1, 0.15) is 10.8 Å². The molecule has 150 valence electrons. The van der Waals surface area contributed by atoms with E-state index in [-0.39, 0.29) is 35.4 Å². The molecule has 0 fully saturated rings. The largest absolute Gasteiger partial charge is 0.502 e. The van der Waals surface area contributed by atoms with Crippen LogP contribution in [0.3, 0.4) is 0 Å². The van der Waals surface area contributed by atoms with E-state index in [1.165, 1.54) is 43.9 Å². The Balaban J connectivity index is 1.61. The second-order valence-corrected chi connectivity index (χ2v) is 6.75. The molecule has 2 aromatic carbocycles. The van der Waals surface area contributed by atoms with Crippen LogP contribution in [-0.2, 0) is 11.2 Å². The average Bonchev–Trinajstić information content (AvgIpc) is 3.17. The van der Waals surface area contributed by atoms with Gasteiger partial charge in [-0.25, -0.2) is 14.8 Å². The lowest BCUT2D eigenvalue weighted by Crippen LogP contribution is -2.19. The molecule has 0 bridgehead atoms. The number of carbonyl (C=O) groups excluding carboxylic acids is 1. The van der Waals surface area contributed by atoms with Crippen LogP contribution in [0.25, 0.3) is 10.6 Å². The van der Waals surface area contributed by atoms with Crippen LogP contribution in [0.2, 0.25) is 0 Å². The number of carbonyl (C=O) groups is 1. The Morgan fingerprint density at radius 2 is 1.90 bits per heavy atom. The third kappa shape index (κ3) is 5.08. The number of amides is 1. The van der Waals surface area contributed by atoms with E-state index < -0.39 is 0 Å². The number of phenols is 1. The predicted octanol–water partition coefficient (Wildman–Crippen LogP) is 3.36. The second kappa shape index (κ2) is 9.16. The number of hydrogen-bond acceptors (Lipinski definition) is 7. The van der Waals surface area contributed by atoms with Crippen molar-refractivity contribution >= 4 is 23.5 Å². The predicted molar refractivity (Wildman–Crippen MR) is 108 cm³/mol. The average molecular weight is 415 g/mol. The molecule has 3 aromatic rings. The zero-order valence-electron chi connectivity index (χ0n) is 15.7. The lowest BCUT2D eigenvalue weighted by Gasteiger charge is -2.09. The molecule has 7 nitrogen and oxygen atoms in total. The summed E-state index contributed by atoms with van der Waals surface area (Å²) in [5.41, 5.74) is 4.38. The fourth-order valence-electron chi connectivity index (χ4n) is 2.48. The van der Waals surface area contributed by atoms with E-state index in [2.05, 4.69) is 15.5 Å². The summed E-state index contributed by atoms with van der Waals surface area (Å²) in [6, 6.07) is 9.13. The van der Waals surface area contributed by atoms with Gasteiger partial charge in [0.25, 0.3) is 0 Å². The van der Waals surface area contributed by atoms with Crippen LogP contribution in [0.1, 0.15) is 11.3 Å². The van der Waals surface area contributed by atoms with E-state index in [0.29, 0.717) is 16.3 Å². The maximum absolute atomic E-state index is 13.0. The first kappa shape index (κ1) is 20.3. The Kier molecular flexibility index (Phi) is 6.40. The number of benzene rings is 2. The lowest BCUT2D eigenvalue weighted by molar-refractivity contribution is -0.120. The summed E-state index contributed by atoms with van der Waals surface area (Å²) in [5, 5.41) is 16.3. The molecule has 0 aliphatic carbocycles. The molecule has 2 N–H and O–H groups in total. The van der Waals surface area contributed by atoms with Crippen molar-refractivity contribution in [2.45, 2.75) is 6.42 Å². The van der Waals surface area contributed by atoms with E-state index in [1.807, 2.05) is 0 Å². The molecule has 1 aromatic heterocycles. The van der Waals surface area contributed by atoms with Gasteiger partial charge in [0.2, 0.25) is 11.7 Å². The van der Waals surface area contributed by atoms with Crippen molar-refractivity contribution in [1.82, 2.24) is 10.4 Å². The van der Waals surface area contributed by atoms with E-state index in [1.54, 1.807) is 29.6 Å². The lowest BCUT2D eigenvalue weighted by atomic mass is 10.2. The normalized spacial score (nSPS) is 10.9. The highest BCUT2D eigenvalue weighted by molar-refractivity contribution is 7.13. The zero-order chi connectivity index (χ0) is 20.8. The Bertz CT molecular complexity index is 1010. The molecular formula is C20H18FN3O4S. The highest BCUT2D eigenvalue weighted by Crippen LogP contribution is 2.36. The van der Waals surface area contributed by atoms with Gasteiger partial charge < -0.3 is 14.6 Å². The van der Waals surface area contributed by atoms with Crippen molar-refractivity contribution in [2.75, 3.05) is 14.2 Å². The molecule has 0 saturated carbocycles. The highest BCUT2D eigenvalue weighted by atomic mass is 32.1. The van der Waals surface area contributed by atoms with Crippen molar-refractivity contribution in [3.05, 3.63) is 58.9 Å². The van der Waals surface area contributed by atoms with E-state index in [0.717, 1.165) is 5.56 Å². The van der Waals surface area contributed by atoms with E-state index >= 15 is 0 Å². The van der Waals surface area contributed by atoms with E-state index in [4.69, 9.17) is 9.47 Å². The quantitative estimate of drug-likeness (QED) is 0.456. The summed E-state index contributed by atoms with van der Waals surface area (Å²) in [7, 11) is 2.84. The fraction of sp³-hybridized carbons (Fsp3) is 0.150. The van der Waals surface area contributed by atoms with Crippen molar-refractivity contribution in [2.24, 2.45) is 5.10 Å². The highest BCUT2D eigenvalue weighted by Gasteiger charge is 2.11. The maximum Gasteiger partial charge on any atom is 0.246 e. The minimum absolute atomic E-state index is 0.0528. The molecule has 0 aliphatic heterocycles. The summed E-state index contributed by atoms with van der Waals surface area (Å²) in [4.78, 5) is 16.5. The summed E-state index contributed by atoms with van der Waals surface area (Å²) in [5.74, 6) is -0.306. The SMILES string of the molecule is COc1cc(/C=N/NC(=O)Cc2csc(-c3ccc(F)cc3)n2)cc(OC)c1O. The van der Waals surface area contributed by atoms with Crippen LogP contribution in [0, 0.1) is 5.82 Å². The molecule has 0 spiro atoms. The topological polar surface area (TPSA) is 93.0 Å².